The fourth-order valence-electron chi connectivity index (χ4n) is 3.62. The van der Waals surface area contributed by atoms with Gasteiger partial charge >= 0.3 is 0 Å². The molecule has 0 aliphatic carbocycles. The van der Waals surface area contributed by atoms with Gasteiger partial charge in [0.2, 0.25) is 17.7 Å². The molecule has 0 saturated heterocycles. The second kappa shape index (κ2) is 10.9. The number of methoxy groups -OCH3 is 1. The van der Waals surface area contributed by atoms with Crippen LogP contribution in [0.3, 0.4) is 0 Å². The van der Waals surface area contributed by atoms with Gasteiger partial charge in [0.25, 0.3) is 0 Å². The molecule has 2 aromatic rings. The minimum absolute atomic E-state index is 0.0175. The van der Waals surface area contributed by atoms with Gasteiger partial charge in [-0.1, -0.05) is 44.2 Å². The number of nitrogens with one attached hydrogen (secondary N) is 1. The van der Waals surface area contributed by atoms with Crippen molar-refractivity contribution in [1.82, 2.24) is 15.2 Å². The average molecular weight is 426 g/mol. The topological polar surface area (TPSA) is 80.8 Å². The maximum atomic E-state index is 13.1. The molecule has 1 aromatic carbocycles. The fourth-order valence-corrected chi connectivity index (χ4v) is 3.62. The first kappa shape index (κ1) is 22.7. The highest BCUT2D eigenvalue weighted by Gasteiger charge is 2.34. The quantitative estimate of drug-likeness (QED) is 0.625. The van der Waals surface area contributed by atoms with E-state index in [2.05, 4.69) is 10.3 Å². The molecule has 166 valence electrons. The Morgan fingerprint density at radius 3 is 2.61 bits per heavy atom. The molecular weight excluding hydrogens is 394 g/mol. The Balaban J connectivity index is 1.64. The van der Waals surface area contributed by atoms with Crippen molar-refractivity contribution in [3.8, 4) is 5.88 Å². The van der Waals surface area contributed by atoms with Gasteiger partial charge in [-0.3, -0.25) is 9.59 Å². The number of pyridine rings is 1. The summed E-state index contributed by atoms with van der Waals surface area (Å²) in [5.41, 5.74) is 3.09. The lowest BCUT2D eigenvalue weighted by atomic mass is 9.92. The first-order valence-electron chi connectivity index (χ1n) is 10.7. The van der Waals surface area contributed by atoms with Crippen molar-refractivity contribution >= 4 is 11.8 Å². The number of nitrogens with zero attached hydrogens (tertiary/aromatic N) is 2. The van der Waals surface area contributed by atoms with E-state index in [4.69, 9.17) is 9.47 Å². The van der Waals surface area contributed by atoms with Crippen molar-refractivity contribution < 1.29 is 19.1 Å². The zero-order chi connectivity index (χ0) is 22.2. The Morgan fingerprint density at radius 2 is 1.94 bits per heavy atom. The summed E-state index contributed by atoms with van der Waals surface area (Å²) in [5.74, 6) is 0.626. The van der Waals surface area contributed by atoms with E-state index in [-0.39, 0.29) is 17.7 Å². The molecule has 1 aliphatic rings. The highest BCUT2D eigenvalue weighted by molar-refractivity contribution is 5.88. The molecule has 2 amide bonds. The summed E-state index contributed by atoms with van der Waals surface area (Å²) in [6, 6.07) is 11.1. The van der Waals surface area contributed by atoms with Gasteiger partial charge < -0.3 is 19.7 Å². The molecule has 0 spiro atoms. The lowest BCUT2D eigenvalue weighted by Gasteiger charge is -2.36. The zero-order valence-electron chi connectivity index (χ0n) is 18.5. The lowest BCUT2D eigenvalue weighted by molar-refractivity contribution is -0.142. The van der Waals surface area contributed by atoms with Gasteiger partial charge in [-0.2, -0.15) is 0 Å². The van der Waals surface area contributed by atoms with Crippen LogP contribution in [0.5, 0.6) is 5.88 Å². The fraction of sp³-hybridized carbons (Fsp3) is 0.458. The molecule has 0 fully saturated rings. The Hall–Kier alpha value is -2.93. The highest BCUT2D eigenvalue weighted by atomic mass is 16.5. The maximum absolute atomic E-state index is 13.1. The van der Waals surface area contributed by atoms with Gasteiger partial charge in [-0.25, -0.2) is 4.98 Å². The maximum Gasteiger partial charge on any atom is 0.243 e. The van der Waals surface area contributed by atoms with Gasteiger partial charge in [0, 0.05) is 45.3 Å². The lowest BCUT2D eigenvalue weighted by Crippen LogP contribution is -2.52. The molecule has 1 unspecified atom stereocenters. The molecule has 1 aliphatic heterocycles. The molecule has 7 nitrogen and oxygen atoms in total. The van der Waals surface area contributed by atoms with Crippen molar-refractivity contribution in [2.45, 2.75) is 45.8 Å². The first-order chi connectivity index (χ1) is 15.0. The molecule has 0 bridgehead atoms. The molecule has 1 N–H and O–H groups in total. The van der Waals surface area contributed by atoms with Crippen molar-refractivity contribution in [2.75, 3.05) is 20.3 Å². The summed E-state index contributed by atoms with van der Waals surface area (Å²) in [6.45, 7) is 5.77. The number of rotatable bonds is 9. The SMILES string of the molecule is COCCOc1ccc(CNC(=O)C2Cc3ccccc3CN2C(=O)CC(C)C)cn1. The molecule has 1 atom stereocenters. The first-order valence-corrected chi connectivity index (χ1v) is 10.7. The van der Waals surface area contributed by atoms with E-state index in [0.29, 0.717) is 45.0 Å². The molecule has 2 heterocycles. The number of carbonyl (C=O) groups excluding carboxylic acids is 2. The van der Waals surface area contributed by atoms with Gasteiger partial charge in [0.15, 0.2) is 0 Å². The van der Waals surface area contributed by atoms with Gasteiger partial charge in [0.05, 0.1) is 6.61 Å². The van der Waals surface area contributed by atoms with E-state index in [1.807, 2.05) is 44.2 Å². The van der Waals surface area contributed by atoms with E-state index < -0.39 is 6.04 Å². The minimum atomic E-state index is -0.509. The third kappa shape index (κ3) is 6.28. The molecule has 3 rings (SSSR count). The average Bonchev–Trinajstić information content (AvgIpc) is 2.77. The predicted molar refractivity (Wildman–Crippen MR) is 117 cm³/mol. The molecular formula is C24H31N3O4. The number of aromatic nitrogens is 1. The van der Waals surface area contributed by atoms with Crippen molar-refractivity contribution in [3.63, 3.8) is 0 Å². The zero-order valence-corrected chi connectivity index (χ0v) is 18.5. The van der Waals surface area contributed by atoms with Gasteiger partial charge in [-0.15, -0.1) is 0 Å². The van der Waals surface area contributed by atoms with Crippen LogP contribution in [-0.2, 0) is 33.8 Å². The Kier molecular flexibility index (Phi) is 8.00. The van der Waals surface area contributed by atoms with E-state index in [1.165, 1.54) is 0 Å². The van der Waals surface area contributed by atoms with Crippen LogP contribution in [0.4, 0.5) is 0 Å². The van der Waals surface area contributed by atoms with Crippen LogP contribution in [0.25, 0.3) is 0 Å². The van der Waals surface area contributed by atoms with Crippen molar-refractivity contribution in [2.24, 2.45) is 5.92 Å². The Bertz CT molecular complexity index is 883. The second-order valence-electron chi connectivity index (χ2n) is 8.17. The molecule has 7 heteroatoms. The van der Waals surface area contributed by atoms with Crippen molar-refractivity contribution in [3.05, 3.63) is 59.3 Å². The number of carbonyl (C=O) groups is 2. The van der Waals surface area contributed by atoms with E-state index in [0.717, 1.165) is 16.7 Å². The predicted octanol–water partition coefficient (Wildman–Crippen LogP) is 2.72. The standard InChI is InChI=1S/C24H31N3O4/c1-17(2)12-23(28)27-16-20-7-5-4-6-19(20)13-21(27)24(29)26-15-18-8-9-22(25-14-18)31-11-10-30-3/h4-9,14,17,21H,10-13,15-16H2,1-3H3,(H,26,29). The largest absolute Gasteiger partial charge is 0.475 e. The number of benzene rings is 1. The number of hydrogen-bond donors (Lipinski definition) is 1. The van der Waals surface area contributed by atoms with Crippen LogP contribution in [0, 0.1) is 5.92 Å². The van der Waals surface area contributed by atoms with Crippen LogP contribution < -0.4 is 10.1 Å². The number of fused-ring (bicyclic) bond motifs is 1. The van der Waals surface area contributed by atoms with Crippen LogP contribution in [0.1, 0.15) is 37.0 Å². The normalized spacial score (nSPS) is 15.5. The summed E-state index contributed by atoms with van der Waals surface area (Å²) in [5, 5.41) is 2.98. The minimum Gasteiger partial charge on any atom is -0.475 e. The summed E-state index contributed by atoms with van der Waals surface area (Å²) < 4.78 is 10.4. The van der Waals surface area contributed by atoms with E-state index in [9.17, 15) is 9.59 Å². The summed E-state index contributed by atoms with van der Waals surface area (Å²) in [7, 11) is 1.62. The summed E-state index contributed by atoms with van der Waals surface area (Å²) >= 11 is 0. The summed E-state index contributed by atoms with van der Waals surface area (Å²) in [6.07, 6.45) is 2.64. The molecule has 1 aromatic heterocycles. The van der Waals surface area contributed by atoms with Crippen molar-refractivity contribution in [1.29, 1.82) is 0 Å². The van der Waals surface area contributed by atoms with Crippen LogP contribution >= 0.6 is 0 Å². The number of ether oxygens (including phenoxy) is 2. The van der Waals surface area contributed by atoms with Gasteiger partial charge in [-0.05, 0) is 22.6 Å². The molecule has 31 heavy (non-hydrogen) atoms. The van der Waals surface area contributed by atoms with E-state index in [1.54, 1.807) is 24.3 Å². The Morgan fingerprint density at radius 1 is 1.16 bits per heavy atom. The third-order valence-electron chi connectivity index (χ3n) is 5.26. The van der Waals surface area contributed by atoms with Gasteiger partial charge in [0.1, 0.15) is 12.6 Å². The van der Waals surface area contributed by atoms with Crippen LogP contribution in [0.15, 0.2) is 42.6 Å². The monoisotopic (exact) mass is 425 g/mol. The molecule has 0 saturated carbocycles. The Labute approximate surface area is 183 Å². The smallest absolute Gasteiger partial charge is 0.243 e. The van der Waals surface area contributed by atoms with E-state index >= 15 is 0 Å². The molecule has 0 radical (unpaired) electrons. The third-order valence-corrected chi connectivity index (χ3v) is 5.26. The highest BCUT2D eigenvalue weighted by Crippen LogP contribution is 2.25. The summed E-state index contributed by atoms with van der Waals surface area (Å²) in [4.78, 5) is 31.9. The van der Waals surface area contributed by atoms with Crippen LogP contribution in [-0.4, -0.2) is 48.1 Å². The second-order valence-corrected chi connectivity index (χ2v) is 8.17. The van der Waals surface area contributed by atoms with Crippen LogP contribution in [0.2, 0.25) is 0 Å². The number of hydrogen-bond acceptors (Lipinski definition) is 5. The number of amides is 2.